The van der Waals surface area contributed by atoms with Crippen molar-refractivity contribution in [1.82, 2.24) is 4.90 Å². The van der Waals surface area contributed by atoms with Gasteiger partial charge in [0.15, 0.2) is 0 Å². The maximum absolute atomic E-state index is 12.0. The van der Waals surface area contributed by atoms with Crippen LogP contribution in [-0.2, 0) is 9.59 Å². The minimum atomic E-state index is -0.210. The second-order valence-corrected chi connectivity index (χ2v) is 8.34. The van der Waals surface area contributed by atoms with Gasteiger partial charge in [0, 0.05) is 16.3 Å². The normalized spacial score (nSPS) is 11.1. The number of nitrogens with zero attached hydrogens (tertiary/aromatic N) is 1. The van der Waals surface area contributed by atoms with E-state index >= 15 is 0 Å². The Hall–Kier alpha value is -1.01. The third-order valence-corrected chi connectivity index (χ3v) is 4.53. The number of thioether (sulfide) groups is 1. The zero-order chi connectivity index (χ0) is 16.0. The summed E-state index contributed by atoms with van der Waals surface area (Å²) in [5.41, 5.74) is 0.701. The number of anilines is 1. The summed E-state index contributed by atoms with van der Waals surface area (Å²) in [7, 11) is 1.64. The Bertz CT molecular complexity index is 515. The van der Waals surface area contributed by atoms with E-state index in [1.165, 1.54) is 4.90 Å². The van der Waals surface area contributed by atoms with Crippen molar-refractivity contribution in [3.8, 4) is 0 Å². The van der Waals surface area contributed by atoms with Crippen LogP contribution in [0.25, 0.3) is 0 Å². The van der Waals surface area contributed by atoms with Crippen molar-refractivity contribution in [2.75, 3.05) is 24.7 Å². The first-order valence-corrected chi connectivity index (χ1v) is 8.39. The van der Waals surface area contributed by atoms with Crippen molar-refractivity contribution in [3.05, 3.63) is 28.7 Å². The molecule has 0 fully saturated rings. The summed E-state index contributed by atoms with van der Waals surface area (Å²) >= 11 is 4.94. The second-order valence-electron chi connectivity index (χ2n) is 5.68. The molecule has 1 rings (SSSR count). The molecule has 0 atom stereocenters. The zero-order valence-corrected chi connectivity index (χ0v) is 15.2. The van der Waals surface area contributed by atoms with Gasteiger partial charge in [-0.2, -0.15) is 0 Å². The molecule has 21 heavy (non-hydrogen) atoms. The molecule has 0 saturated heterocycles. The summed E-state index contributed by atoms with van der Waals surface area (Å²) in [6, 6.07) is 7.37. The van der Waals surface area contributed by atoms with Crippen molar-refractivity contribution in [2.24, 2.45) is 0 Å². The van der Waals surface area contributed by atoms with E-state index in [-0.39, 0.29) is 23.1 Å². The monoisotopic (exact) mass is 372 g/mol. The second kappa shape index (κ2) is 7.84. The maximum Gasteiger partial charge on any atom is 0.244 e. The molecule has 0 unspecified atom stereocenters. The van der Waals surface area contributed by atoms with Gasteiger partial charge in [-0.05, 0) is 28.1 Å². The molecule has 0 saturated carbocycles. The van der Waals surface area contributed by atoms with Gasteiger partial charge in [0.25, 0.3) is 0 Å². The lowest BCUT2D eigenvalue weighted by Crippen LogP contribution is -2.36. The number of hydrogen-bond acceptors (Lipinski definition) is 3. The third kappa shape index (κ3) is 7.00. The molecule has 1 aromatic carbocycles. The number of carbonyl (C=O) groups is 2. The number of nitrogens with one attached hydrogen (secondary N) is 1. The number of rotatable bonds is 5. The topological polar surface area (TPSA) is 49.4 Å². The highest BCUT2D eigenvalue weighted by Crippen LogP contribution is 2.23. The summed E-state index contributed by atoms with van der Waals surface area (Å²) in [5.74, 6) is 0.123. The van der Waals surface area contributed by atoms with Gasteiger partial charge in [0.05, 0.1) is 18.0 Å². The van der Waals surface area contributed by atoms with Gasteiger partial charge in [0.1, 0.15) is 0 Å². The Labute approximate surface area is 138 Å². The van der Waals surface area contributed by atoms with E-state index in [9.17, 15) is 9.59 Å². The van der Waals surface area contributed by atoms with Gasteiger partial charge in [-0.25, -0.2) is 0 Å². The minimum Gasteiger partial charge on any atom is -0.336 e. The van der Waals surface area contributed by atoms with Crippen molar-refractivity contribution in [3.63, 3.8) is 0 Å². The summed E-state index contributed by atoms with van der Waals surface area (Å²) < 4.78 is 0.851. The van der Waals surface area contributed by atoms with Crippen LogP contribution in [-0.4, -0.2) is 40.8 Å². The summed E-state index contributed by atoms with van der Waals surface area (Å²) in [6.07, 6.45) is 0. The van der Waals surface area contributed by atoms with E-state index in [2.05, 4.69) is 42.0 Å². The lowest BCUT2D eigenvalue weighted by Gasteiger charge is -2.21. The smallest absolute Gasteiger partial charge is 0.244 e. The van der Waals surface area contributed by atoms with Gasteiger partial charge >= 0.3 is 0 Å². The Morgan fingerprint density at radius 2 is 1.90 bits per heavy atom. The summed E-state index contributed by atoms with van der Waals surface area (Å²) in [4.78, 5) is 25.4. The van der Waals surface area contributed by atoms with E-state index in [4.69, 9.17) is 0 Å². The van der Waals surface area contributed by atoms with Crippen LogP contribution in [0.1, 0.15) is 20.8 Å². The number of halogens is 1. The van der Waals surface area contributed by atoms with Crippen molar-refractivity contribution < 1.29 is 9.59 Å². The van der Waals surface area contributed by atoms with Crippen LogP contribution in [0.4, 0.5) is 5.69 Å². The quantitative estimate of drug-likeness (QED) is 0.861. The number of para-hydroxylation sites is 1. The highest BCUT2D eigenvalue weighted by atomic mass is 79.9. The fraction of sp³-hybridized carbons (Fsp3) is 0.467. The molecule has 6 heteroatoms. The van der Waals surface area contributed by atoms with Gasteiger partial charge in [-0.1, -0.05) is 32.9 Å². The van der Waals surface area contributed by atoms with Gasteiger partial charge in [-0.3, -0.25) is 9.59 Å². The molecular formula is C15H21BrN2O2S. The van der Waals surface area contributed by atoms with Crippen LogP contribution in [0.2, 0.25) is 0 Å². The molecule has 0 radical (unpaired) electrons. The Kier molecular flexibility index (Phi) is 6.74. The maximum atomic E-state index is 12.0. The highest BCUT2D eigenvalue weighted by Gasteiger charge is 2.17. The highest BCUT2D eigenvalue weighted by molar-refractivity contribution is 9.10. The van der Waals surface area contributed by atoms with Crippen LogP contribution in [0.15, 0.2) is 28.7 Å². The van der Waals surface area contributed by atoms with E-state index in [0.717, 1.165) is 4.47 Å². The van der Waals surface area contributed by atoms with Crippen LogP contribution in [0.5, 0.6) is 0 Å². The molecule has 0 aliphatic rings. The molecule has 116 valence electrons. The standard InChI is InChI=1S/C15H21BrN2O2S/c1-15(2,3)21-10-14(20)18(4)9-13(19)17-12-8-6-5-7-11(12)16/h5-8H,9-10H2,1-4H3,(H,17,19). The lowest BCUT2D eigenvalue weighted by atomic mass is 10.3. The molecule has 2 amide bonds. The number of benzene rings is 1. The number of carbonyl (C=O) groups excluding carboxylic acids is 2. The van der Waals surface area contributed by atoms with Crippen molar-refractivity contribution in [1.29, 1.82) is 0 Å². The first-order chi connectivity index (χ1) is 9.69. The number of amides is 2. The fourth-order valence-electron chi connectivity index (χ4n) is 1.44. The van der Waals surface area contributed by atoms with E-state index in [0.29, 0.717) is 11.4 Å². The fourth-order valence-corrected chi connectivity index (χ4v) is 2.61. The van der Waals surface area contributed by atoms with Gasteiger partial charge < -0.3 is 10.2 Å². The van der Waals surface area contributed by atoms with Crippen LogP contribution in [0, 0.1) is 0 Å². The number of hydrogen-bond donors (Lipinski definition) is 1. The summed E-state index contributed by atoms with van der Waals surface area (Å²) in [5, 5.41) is 2.78. The minimum absolute atomic E-state index is 0.0354. The van der Waals surface area contributed by atoms with Crippen LogP contribution in [0.3, 0.4) is 0 Å². The predicted molar refractivity (Wildman–Crippen MR) is 92.6 cm³/mol. The zero-order valence-electron chi connectivity index (χ0n) is 12.8. The molecule has 0 aliphatic heterocycles. The molecule has 0 aromatic heterocycles. The van der Waals surface area contributed by atoms with Crippen LogP contribution >= 0.6 is 27.7 Å². The molecular weight excluding hydrogens is 352 g/mol. The molecule has 1 aromatic rings. The van der Waals surface area contributed by atoms with Gasteiger partial charge in [0.2, 0.25) is 11.8 Å². The predicted octanol–water partition coefficient (Wildman–Crippen LogP) is 3.38. The molecule has 0 aliphatic carbocycles. The molecule has 0 heterocycles. The van der Waals surface area contributed by atoms with E-state index < -0.39 is 0 Å². The van der Waals surface area contributed by atoms with E-state index in [1.807, 2.05) is 18.2 Å². The van der Waals surface area contributed by atoms with Crippen molar-refractivity contribution >= 4 is 45.2 Å². The molecule has 4 nitrogen and oxygen atoms in total. The Balaban J connectivity index is 2.47. The Morgan fingerprint density at radius 1 is 1.29 bits per heavy atom. The first-order valence-electron chi connectivity index (χ1n) is 6.61. The molecule has 1 N–H and O–H groups in total. The SMILES string of the molecule is CN(CC(=O)Nc1ccccc1Br)C(=O)CSC(C)(C)C. The average molecular weight is 373 g/mol. The first kappa shape index (κ1) is 18.0. The summed E-state index contributed by atoms with van der Waals surface area (Å²) in [6.45, 7) is 6.23. The molecule has 0 bridgehead atoms. The average Bonchev–Trinajstić information content (AvgIpc) is 2.37. The van der Waals surface area contributed by atoms with Crippen molar-refractivity contribution in [2.45, 2.75) is 25.5 Å². The van der Waals surface area contributed by atoms with E-state index in [1.54, 1.807) is 24.9 Å². The number of likely N-dealkylation sites (N-methyl/N-ethyl adjacent to an activating group) is 1. The Morgan fingerprint density at radius 3 is 2.48 bits per heavy atom. The lowest BCUT2D eigenvalue weighted by molar-refractivity contribution is -0.131. The van der Waals surface area contributed by atoms with Gasteiger partial charge in [-0.15, -0.1) is 11.8 Å². The third-order valence-electron chi connectivity index (χ3n) is 2.58. The molecule has 0 spiro atoms. The largest absolute Gasteiger partial charge is 0.336 e. The van der Waals surface area contributed by atoms with Crippen LogP contribution < -0.4 is 5.32 Å².